The Labute approximate surface area is 53.9 Å². The largest absolute Gasteiger partial charge is 0.0776 e. The standard InChI is InChI=1S/4CH4.Sn/h4*1H4;. The molecule has 0 fully saturated rings. The van der Waals surface area contributed by atoms with E-state index in [-0.39, 0.29) is 53.6 Å². The fraction of sp³-hybridized carbons (Fsp3) is 1.00. The van der Waals surface area contributed by atoms with Crippen molar-refractivity contribution < 1.29 is 0 Å². The van der Waals surface area contributed by atoms with E-state index in [1.165, 1.54) is 0 Å². The molecule has 1 heteroatoms. The monoisotopic (exact) mass is 184 g/mol. The van der Waals surface area contributed by atoms with Crippen molar-refractivity contribution in [2.24, 2.45) is 0 Å². The molecule has 36 valence electrons. The molecule has 0 aromatic carbocycles. The molecule has 0 aromatic rings. The summed E-state index contributed by atoms with van der Waals surface area (Å²) < 4.78 is 0. The van der Waals surface area contributed by atoms with Gasteiger partial charge in [0.1, 0.15) is 0 Å². The van der Waals surface area contributed by atoms with Gasteiger partial charge in [0, 0.05) is 23.9 Å². The normalized spacial score (nSPS) is 0. The van der Waals surface area contributed by atoms with Crippen LogP contribution in [-0.2, 0) is 0 Å². The Kier molecular flexibility index (Phi) is 4540. The van der Waals surface area contributed by atoms with Crippen molar-refractivity contribution in [1.29, 1.82) is 0 Å². The van der Waals surface area contributed by atoms with Crippen LogP contribution in [0.3, 0.4) is 0 Å². The van der Waals surface area contributed by atoms with Gasteiger partial charge in [-0.2, -0.15) is 0 Å². The minimum Gasteiger partial charge on any atom is -0.0776 e. The summed E-state index contributed by atoms with van der Waals surface area (Å²) in [6, 6.07) is 0. The van der Waals surface area contributed by atoms with E-state index in [1.54, 1.807) is 0 Å². The first-order valence-corrected chi connectivity index (χ1v) is 0. The molecule has 0 unspecified atom stereocenters. The topological polar surface area (TPSA) is 0 Å². The molecule has 0 atom stereocenters. The zero-order valence-electron chi connectivity index (χ0n) is 0.500. The molecule has 0 aliphatic heterocycles. The SMILES string of the molecule is C.C.C.C.[Sn]. The van der Waals surface area contributed by atoms with E-state index in [9.17, 15) is 0 Å². The van der Waals surface area contributed by atoms with Crippen LogP contribution in [0.2, 0.25) is 0 Å². The molecule has 0 rings (SSSR count). The molecule has 0 aliphatic rings. The van der Waals surface area contributed by atoms with E-state index in [2.05, 4.69) is 0 Å². The first-order valence-electron chi connectivity index (χ1n) is 0. The molecule has 5 heavy (non-hydrogen) atoms. The van der Waals surface area contributed by atoms with Crippen LogP contribution in [0.15, 0.2) is 0 Å². The van der Waals surface area contributed by atoms with E-state index in [0.29, 0.717) is 0 Å². The van der Waals surface area contributed by atoms with Crippen LogP contribution < -0.4 is 0 Å². The van der Waals surface area contributed by atoms with Crippen LogP contribution in [0.5, 0.6) is 0 Å². The second-order valence-corrected chi connectivity index (χ2v) is 0. The number of rotatable bonds is 0. The Morgan fingerprint density at radius 2 is 0.400 bits per heavy atom. The maximum Gasteiger partial charge on any atom is 0 e. The molecule has 0 saturated carbocycles. The summed E-state index contributed by atoms with van der Waals surface area (Å²) in [6.45, 7) is 0. The van der Waals surface area contributed by atoms with E-state index in [0.717, 1.165) is 0 Å². The third-order valence-corrected chi connectivity index (χ3v) is 0. The van der Waals surface area contributed by atoms with Crippen LogP contribution >= 0.6 is 0 Å². The summed E-state index contributed by atoms with van der Waals surface area (Å²) in [5, 5.41) is 0. The molecule has 0 saturated heterocycles. The molecule has 0 nitrogen and oxygen atoms in total. The van der Waals surface area contributed by atoms with Gasteiger partial charge >= 0.3 is 0 Å². The smallest absolute Gasteiger partial charge is 0 e. The van der Waals surface area contributed by atoms with Crippen molar-refractivity contribution in [2.45, 2.75) is 29.7 Å². The van der Waals surface area contributed by atoms with E-state index >= 15 is 0 Å². The summed E-state index contributed by atoms with van der Waals surface area (Å²) >= 11 is 0. The van der Waals surface area contributed by atoms with Crippen molar-refractivity contribution in [1.82, 2.24) is 0 Å². The van der Waals surface area contributed by atoms with E-state index in [4.69, 9.17) is 0 Å². The maximum absolute atomic E-state index is 0. The molecule has 0 spiro atoms. The van der Waals surface area contributed by atoms with Gasteiger partial charge in [-0.3, -0.25) is 0 Å². The summed E-state index contributed by atoms with van der Waals surface area (Å²) in [5.41, 5.74) is 0. The summed E-state index contributed by atoms with van der Waals surface area (Å²) in [5.74, 6) is 0. The Bertz CT molecular complexity index is 3.61. The number of hydrogen-bond donors (Lipinski definition) is 0. The van der Waals surface area contributed by atoms with Gasteiger partial charge < -0.3 is 0 Å². The summed E-state index contributed by atoms with van der Waals surface area (Å²) in [7, 11) is 0. The minimum atomic E-state index is 0. The molecule has 0 bridgehead atoms. The molecular formula is C4H16Sn. The maximum atomic E-state index is 0. The molecule has 0 aliphatic carbocycles. The van der Waals surface area contributed by atoms with Crippen LogP contribution in [-0.4, -0.2) is 23.9 Å². The van der Waals surface area contributed by atoms with Gasteiger partial charge in [0.25, 0.3) is 0 Å². The number of hydrogen-bond acceptors (Lipinski definition) is 0. The zero-order valence-corrected chi connectivity index (χ0v) is 3.35. The van der Waals surface area contributed by atoms with Gasteiger partial charge in [-0.05, 0) is 0 Å². The van der Waals surface area contributed by atoms with Crippen molar-refractivity contribution in [3.63, 3.8) is 0 Å². The van der Waals surface area contributed by atoms with Gasteiger partial charge in [0.2, 0.25) is 0 Å². The van der Waals surface area contributed by atoms with Crippen molar-refractivity contribution in [2.75, 3.05) is 0 Å². The second kappa shape index (κ2) is 109. The van der Waals surface area contributed by atoms with Crippen LogP contribution in [0.4, 0.5) is 0 Å². The predicted octanol–water partition coefficient (Wildman–Crippen LogP) is 2.16. The minimum absolute atomic E-state index is 0. The quantitative estimate of drug-likeness (QED) is 0.504. The van der Waals surface area contributed by atoms with Crippen LogP contribution in [0.25, 0.3) is 0 Å². The molecule has 0 aromatic heterocycles. The van der Waals surface area contributed by atoms with Crippen LogP contribution in [0, 0.1) is 0 Å². The first-order chi connectivity index (χ1) is 0. The molecular weight excluding hydrogens is 167 g/mol. The van der Waals surface area contributed by atoms with E-state index < -0.39 is 0 Å². The first kappa shape index (κ1) is 209. The van der Waals surface area contributed by atoms with Crippen molar-refractivity contribution >= 4 is 23.9 Å². The Morgan fingerprint density at radius 3 is 0.400 bits per heavy atom. The predicted molar refractivity (Wildman–Crippen MR) is 32.7 cm³/mol. The average molecular weight is 183 g/mol. The Balaban J connectivity index is 0. The van der Waals surface area contributed by atoms with Crippen molar-refractivity contribution in [3.8, 4) is 0 Å². The molecule has 0 amide bonds. The van der Waals surface area contributed by atoms with Crippen LogP contribution in [0.1, 0.15) is 29.7 Å². The molecule has 0 N–H and O–H groups in total. The van der Waals surface area contributed by atoms with Crippen molar-refractivity contribution in [3.05, 3.63) is 0 Å². The average Bonchev–Trinajstić information content (AvgIpc) is 0. The summed E-state index contributed by atoms with van der Waals surface area (Å²) in [6.07, 6.45) is 0. The fourth-order valence-electron chi connectivity index (χ4n) is 0. The Morgan fingerprint density at radius 1 is 0.400 bits per heavy atom. The summed E-state index contributed by atoms with van der Waals surface area (Å²) in [4.78, 5) is 0. The Hall–Kier alpha value is 0.799. The molecule has 0 heterocycles. The van der Waals surface area contributed by atoms with Gasteiger partial charge in [-0.25, -0.2) is 0 Å². The fourth-order valence-corrected chi connectivity index (χ4v) is 0. The van der Waals surface area contributed by atoms with Gasteiger partial charge in [0.15, 0.2) is 0 Å². The van der Waals surface area contributed by atoms with Gasteiger partial charge in [0.05, 0.1) is 0 Å². The van der Waals surface area contributed by atoms with Gasteiger partial charge in [-0.15, -0.1) is 0 Å². The molecule has 4 radical (unpaired) electrons. The van der Waals surface area contributed by atoms with Gasteiger partial charge in [-0.1, -0.05) is 29.7 Å². The second-order valence-electron chi connectivity index (χ2n) is 0. The van der Waals surface area contributed by atoms with E-state index in [1.807, 2.05) is 0 Å². The zero-order chi connectivity index (χ0) is 0. The third kappa shape index (κ3) is 58.9. The third-order valence-electron chi connectivity index (χ3n) is 0.